The summed E-state index contributed by atoms with van der Waals surface area (Å²) in [5.74, 6) is -0.145. The molecular formula is C20H21NO2. The smallest absolute Gasteiger partial charge is 0.343 e. The Balaban J connectivity index is 1.96. The van der Waals surface area contributed by atoms with Crippen molar-refractivity contribution < 1.29 is 9.53 Å². The van der Waals surface area contributed by atoms with E-state index >= 15 is 0 Å². The number of rotatable bonds is 7. The second kappa shape index (κ2) is 8.75. The molecule has 0 aliphatic heterocycles. The number of nitrogens with zero attached hydrogens (tertiary/aromatic N) is 1. The van der Waals surface area contributed by atoms with Gasteiger partial charge in [0.05, 0.1) is 11.1 Å². The molecule has 0 aliphatic rings. The third-order valence-corrected chi connectivity index (χ3v) is 3.72. The SMILES string of the molecule is CCCCCCc1ccc(C(=O)Oc2ccccc2C#N)cc1. The second-order valence-electron chi connectivity index (χ2n) is 5.51. The van der Waals surface area contributed by atoms with Gasteiger partial charge in [0.1, 0.15) is 11.8 Å². The summed E-state index contributed by atoms with van der Waals surface area (Å²) in [5.41, 5.74) is 2.08. The molecule has 3 nitrogen and oxygen atoms in total. The third-order valence-electron chi connectivity index (χ3n) is 3.72. The zero-order chi connectivity index (χ0) is 16.5. The first kappa shape index (κ1) is 16.8. The monoisotopic (exact) mass is 307 g/mol. The largest absolute Gasteiger partial charge is 0.422 e. The fourth-order valence-electron chi connectivity index (χ4n) is 2.37. The Hall–Kier alpha value is -2.60. The van der Waals surface area contributed by atoms with Crippen molar-refractivity contribution in [1.82, 2.24) is 0 Å². The molecule has 2 aromatic rings. The molecule has 0 atom stereocenters. The van der Waals surface area contributed by atoms with Crippen molar-refractivity contribution in [3.8, 4) is 11.8 Å². The lowest BCUT2D eigenvalue weighted by Gasteiger charge is -2.07. The van der Waals surface area contributed by atoms with Crippen LogP contribution >= 0.6 is 0 Å². The van der Waals surface area contributed by atoms with Gasteiger partial charge in [-0.1, -0.05) is 50.5 Å². The molecule has 0 saturated heterocycles. The highest BCUT2D eigenvalue weighted by molar-refractivity contribution is 5.91. The van der Waals surface area contributed by atoms with Gasteiger partial charge in [0.2, 0.25) is 0 Å². The lowest BCUT2D eigenvalue weighted by atomic mass is 10.0. The summed E-state index contributed by atoms with van der Waals surface area (Å²) in [5, 5.41) is 9.02. The Kier molecular flexibility index (Phi) is 6.38. The van der Waals surface area contributed by atoms with Crippen molar-refractivity contribution >= 4 is 5.97 Å². The molecule has 0 bridgehead atoms. The number of carbonyl (C=O) groups excluding carboxylic acids is 1. The molecule has 0 heterocycles. The highest BCUT2D eigenvalue weighted by Gasteiger charge is 2.11. The predicted molar refractivity (Wildman–Crippen MR) is 90.4 cm³/mol. The highest BCUT2D eigenvalue weighted by atomic mass is 16.5. The van der Waals surface area contributed by atoms with Crippen molar-refractivity contribution in [2.45, 2.75) is 39.0 Å². The summed E-state index contributed by atoms with van der Waals surface area (Å²) in [4.78, 5) is 12.2. The summed E-state index contributed by atoms with van der Waals surface area (Å²) in [6.45, 7) is 2.20. The zero-order valence-electron chi connectivity index (χ0n) is 13.4. The van der Waals surface area contributed by atoms with Gasteiger partial charge in [-0.25, -0.2) is 4.79 Å². The molecule has 0 spiro atoms. The van der Waals surface area contributed by atoms with E-state index in [2.05, 4.69) is 6.92 Å². The molecule has 3 heteroatoms. The van der Waals surface area contributed by atoms with Crippen LogP contribution in [0.5, 0.6) is 5.75 Å². The molecule has 0 saturated carbocycles. The standard InChI is InChI=1S/C20H21NO2/c1-2-3-4-5-8-16-11-13-17(14-12-16)20(22)23-19-10-7-6-9-18(19)15-21/h6-7,9-14H,2-5,8H2,1H3. The van der Waals surface area contributed by atoms with Crippen LogP contribution in [0.4, 0.5) is 0 Å². The van der Waals surface area contributed by atoms with Crippen molar-refractivity contribution in [2.75, 3.05) is 0 Å². The van der Waals surface area contributed by atoms with E-state index in [9.17, 15) is 4.79 Å². The number of hydrogen-bond acceptors (Lipinski definition) is 3. The highest BCUT2D eigenvalue weighted by Crippen LogP contribution is 2.18. The van der Waals surface area contributed by atoms with Crippen LogP contribution in [0.25, 0.3) is 0 Å². The van der Waals surface area contributed by atoms with Gasteiger partial charge < -0.3 is 4.74 Å². The van der Waals surface area contributed by atoms with Crippen molar-refractivity contribution in [3.05, 3.63) is 65.2 Å². The molecule has 0 aliphatic carbocycles. The van der Waals surface area contributed by atoms with E-state index in [1.807, 2.05) is 18.2 Å². The van der Waals surface area contributed by atoms with Crippen molar-refractivity contribution in [2.24, 2.45) is 0 Å². The second-order valence-corrected chi connectivity index (χ2v) is 5.51. The summed E-state index contributed by atoms with van der Waals surface area (Å²) < 4.78 is 5.31. The van der Waals surface area contributed by atoms with Crippen LogP contribution in [-0.2, 0) is 6.42 Å². The summed E-state index contributed by atoms with van der Waals surface area (Å²) in [6.07, 6.45) is 5.95. The zero-order valence-corrected chi connectivity index (χ0v) is 13.4. The molecule has 2 aromatic carbocycles. The fraction of sp³-hybridized carbons (Fsp3) is 0.300. The molecule has 0 amide bonds. The number of hydrogen-bond donors (Lipinski definition) is 0. The molecule has 0 fully saturated rings. The molecule has 2 rings (SSSR count). The molecule has 0 unspecified atom stereocenters. The van der Waals surface area contributed by atoms with Crippen LogP contribution in [0.15, 0.2) is 48.5 Å². The molecule has 23 heavy (non-hydrogen) atoms. The van der Waals surface area contributed by atoms with E-state index in [4.69, 9.17) is 10.00 Å². The lowest BCUT2D eigenvalue weighted by molar-refractivity contribution is 0.0734. The normalized spacial score (nSPS) is 10.1. The Morgan fingerprint density at radius 2 is 1.78 bits per heavy atom. The van der Waals surface area contributed by atoms with Gasteiger partial charge in [-0.15, -0.1) is 0 Å². The van der Waals surface area contributed by atoms with Crippen LogP contribution in [0, 0.1) is 11.3 Å². The van der Waals surface area contributed by atoms with Gasteiger partial charge in [-0.3, -0.25) is 0 Å². The average molecular weight is 307 g/mol. The number of carbonyl (C=O) groups is 1. The number of benzene rings is 2. The first-order chi connectivity index (χ1) is 11.2. The van der Waals surface area contributed by atoms with Crippen LogP contribution in [0.2, 0.25) is 0 Å². The molecule has 0 radical (unpaired) electrons. The first-order valence-electron chi connectivity index (χ1n) is 8.05. The Morgan fingerprint density at radius 3 is 2.48 bits per heavy atom. The number of ether oxygens (including phenoxy) is 1. The fourth-order valence-corrected chi connectivity index (χ4v) is 2.37. The summed E-state index contributed by atoms with van der Waals surface area (Å²) >= 11 is 0. The minimum Gasteiger partial charge on any atom is -0.422 e. The Bertz CT molecular complexity index is 684. The summed E-state index contributed by atoms with van der Waals surface area (Å²) in [6, 6.07) is 16.3. The van der Waals surface area contributed by atoms with E-state index in [-0.39, 0.29) is 0 Å². The van der Waals surface area contributed by atoms with E-state index in [0.29, 0.717) is 16.9 Å². The quantitative estimate of drug-likeness (QED) is 0.415. The topological polar surface area (TPSA) is 50.1 Å². The van der Waals surface area contributed by atoms with Gasteiger partial charge in [-0.2, -0.15) is 5.26 Å². The van der Waals surface area contributed by atoms with E-state index in [1.165, 1.54) is 31.2 Å². The van der Waals surface area contributed by atoms with Gasteiger partial charge >= 0.3 is 5.97 Å². The van der Waals surface area contributed by atoms with Crippen molar-refractivity contribution in [1.29, 1.82) is 5.26 Å². The summed E-state index contributed by atoms with van der Waals surface area (Å²) in [7, 11) is 0. The lowest BCUT2D eigenvalue weighted by Crippen LogP contribution is -2.09. The van der Waals surface area contributed by atoms with Crippen LogP contribution in [0.1, 0.15) is 54.1 Å². The van der Waals surface area contributed by atoms with Gasteiger partial charge in [-0.05, 0) is 42.7 Å². The maximum Gasteiger partial charge on any atom is 0.343 e. The molecular weight excluding hydrogens is 286 g/mol. The van der Waals surface area contributed by atoms with E-state index in [0.717, 1.165) is 6.42 Å². The molecule has 0 N–H and O–H groups in total. The van der Waals surface area contributed by atoms with Gasteiger partial charge in [0.15, 0.2) is 0 Å². The van der Waals surface area contributed by atoms with Crippen LogP contribution < -0.4 is 4.74 Å². The number of nitriles is 1. The maximum absolute atomic E-state index is 12.2. The Morgan fingerprint density at radius 1 is 1.04 bits per heavy atom. The van der Waals surface area contributed by atoms with Crippen LogP contribution in [0.3, 0.4) is 0 Å². The maximum atomic E-state index is 12.2. The minimum atomic E-state index is -0.440. The molecule has 0 aromatic heterocycles. The first-order valence-corrected chi connectivity index (χ1v) is 8.05. The number of unbranched alkanes of at least 4 members (excludes halogenated alkanes) is 3. The van der Waals surface area contributed by atoms with E-state index in [1.54, 1.807) is 36.4 Å². The van der Waals surface area contributed by atoms with E-state index < -0.39 is 5.97 Å². The van der Waals surface area contributed by atoms with Crippen molar-refractivity contribution in [3.63, 3.8) is 0 Å². The number of esters is 1. The minimum absolute atomic E-state index is 0.295. The molecule has 118 valence electrons. The van der Waals surface area contributed by atoms with Crippen LogP contribution in [-0.4, -0.2) is 5.97 Å². The third kappa shape index (κ3) is 4.96. The number of aryl methyl sites for hydroxylation is 1. The predicted octanol–water partition coefficient (Wildman–Crippen LogP) is 4.90. The van der Waals surface area contributed by atoms with Gasteiger partial charge in [0, 0.05) is 0 Å². The average Bonchev–Trinajstić information content (AvgIpc) is 2.59. The number of para-hydroxylation sites is 1. The van der Waals surface area contributed by atoms with Gasteiger partial charge in [0.25, 0.3) is 0 Å². The Labute approximate surface area is 137 Å².